The van der Waals surface area contributed by atoms with E-state index in [0.29, 0.717) is 44.4 Å². The van der Waals surface area contributed by atoms with Gasteiger partial charge in [-0.2, -0.15) is 0 Å². The zero-order chi connectivity index (χ0) is 21.3. The molecule has 0 aliphatic carbocycles. The number of anilines is 1. The van der Waals surface area contributed by atoms with Crippen LogP contribution in [0.5, 0.6) is 0 Å². The monoisotopic (exact) mass is 539 g/mol. The minimum atomic E-state index is -0.162. The molecule has 168 valence electrons. The Labute approximate surface area is 200 Å². The molecule has 1 fully saturated rings. The lowest BCUT2D eigenvalue weighted by molar-refractivity contribution is -0.114. The summed E-state index contributed by atoms with van der Waals surface area (Å²) in [5.41, 5.74) is 1.95. The second-order valence-corrected chi connectivity index (χ2v) is 7.03. The van der Waals surface area contributed by atoms with Gasteiger partial charge < -0.3 is 24.9 Å². The minimum Gasteiger partial charge on any atom is -0.459 e. The first-order valence-electron chi connectivity index (χ1n) is 10.4. The van der Waals surface area contributed by atoms with Gasteiger partial charge in [0.05, 0.1) is 6.26 Å². The van der Waals surface area contributed by atoms with Gasteiger partial charge in [-0.05, 0) is 43.2 Å². The van der Waals surface area contributed by atoms with Crippen LogP contribution in [0.1, 0.15) is 30.0 Å². The SMILES string of the molecule is CCNC(=NCC(=O)Nc1cccc(CC)c1)N1CCN(C(=O)c2ccco2)CC1.I. The molecular formula is C22H30IN5O3. The van der Waals surface area contributed by atoms with Crippen molar-refractivity contribution in [3.63, 3.8) is 0 Å². The summed E-state index contributed by atoms with van der Waals surface area (Å²) in [5, 5.41) is 6.13. The smallest absolute Gasteiger partial charge is 0.289 e. The van der Waals surface area contributed by atoms with Gasteiger partial charge in [0.25, 0.3) is 5.91 Å². The number of amides is 2. The Morgan fingerprint density at radius 2 is 1.81 bits per heavy atom. The molecule has 0 bridgehead atoms. The summed E-state index contributed by atoms with van der Waals surface area (Å²) in [6.45, 7) is 7.21. The molecule has 8 nitrogen and oxygen atoms in total. The Balaban J connectivity index is 0.00000341. The zero-order valence-corrected chi connectivity index (χ0v) is 20.3. The van der Waals surface area contributed by atoms with Crippen molar-refractivity contribution in [2.45, 2.75) is 20.3 Å². The number of halogens is 1. The number of carbonyl (C=O) groups is 2. The lowest BCUT2D eigenvalue weighted by Gasteiger charge is -2.36. The van der Waals surface area contributed by atoms with Crippen LogP contribution >= 0.6 is 24.0 Å². The fourth-order valence-corrected chi connectivity index (χ4v) is 3.32. The average molecular weight is 539 g/mol. The molecule has 1 aromatic heterocycles. The first-order valence-corrected chi connectivity index (χ1v) is 10.4. The van der Waals surface area contributed by atoms with Crippen molar-refractivity contribution in [1.29, 1.82) is 0 Å². The molecule has 1 aliphatic heterocycles. The lowest BCUT2D eigenvalue weighted by atomic mass is 10.1. The van der Waals surface area contributed by atoms with Crippen molar-refractivity contribution in [2.24, 2.45) is 4.99 Å². The van der Waals surface area contributed by atoms with Crippen molar-refractivity contribution in [2.75, 3.05) is 44.6 Å². The van der Waals surface area contributed by atoms with Crippen LogP contribution in [-0.2, 0) is 11.2 Å². The third kappa shape index (κ3) is 6.98. The molecule has 0 saturated carbocycles. The molecule has 0 radical (unpaired) electrons. The number of nitrogens with one attached hydrogen (secondary N) is 2. The van der Waals surface area contributed by atoms with Gasteiger partial charge in [0.2, 0.25) is 5.91 Å². The summed E-state index contributed by atoms with van der Waals surface area (Å²) < 4.78 is 5.20. The fourth-order valence-electron chi connectivity index (χ4n) is 3.32. The number of piperazine rings is 1. The van der Waals surface area contributed by atoms with Gasteiger partial charge in [0, 0.05) is 38.4 Å². The molecule has 1 aromatic carbocycles. The van der Waals surface area contributed by atoms with Crippen molar-refractivity contribution in [3.8, 4) is 0 Å². The summed E-state index contributed by atoms with van der Waals surface area (Å²) in [7, 11) is 0. The van der Waals surface area contributed by atoms with Crippen LogP contribution in [-0.4, -0.2) is 66.8 Å². The Bertz CT molecular complexity index is 877. The molecule has 9 heteroatoms. The number of carbonyl (C=O) groups excluding carboxylic acids is 2. The van der Waals surface area contributed by atoms with E-state index in [1.807, 2.05) is 31.2 Å². The van der Waals surface area contributed by atoms with E-state index in [2.05, 4.69) is 27.4 Å². The third-order valence-corrected chi connectivity index (χ3v) is 4.92. The highest BCUT2D eigenvalue weighted by Gasteiger charge is 2.25. The first kappa shape index (κ1) is 24.7. The highest BCUT2D eigenvalue weighted by molar-refractivity contribution is 14.0. The van der Waals surface area contributed by atoms with Crippen LogP contribution in [0, 0.1) is 0 Å². The number of hydrogen-bond acceptors (Lipinski definition) is 4. The van der Waals surface area contributed by atoms with E-state index in [9.17, 15) is 9.59 Å². The number of hydrogen-bond donors (Lipinski definition) is 2. The summed E-state index contributed by atoms with van der Waals surface area (Å²) in [6.07, 6.45) is 2.42. The summed E-state index contributed by atoms with van der Waals surface area (Å²) in [4.78, 5) is 33.1. The number of furan rings is 1. The van der Waals surface area contributed by atoms with Crippen LogP contribution < -0.4 is 10.6 Å². The summed E-state index contributed by atoms with van der Waals surface area (Å²) in [6, 6.07) is 11.2. The third-order valence-electron chi connectivity index (χ3n) is 4.92. The van der Waals surface area contributed by atoms with Gasteiger partial charge >= 0.3 is 0 Å². The largest absolute Gasteiger partial charge is 0.459 e. The molecule has 2 heterocycles. The molecule has 0 atom stereocenters. The average Bonchev–Trinajstić information content (AvgIpc) is 3.31. The van der Waals surface area contributed by atoms with Gasteiger partial charge in [0.15, 0.2) is 11.7 Å². The molecular weight excluding hydrogens is 509 g/mol. The van der Waals surface area contributed by atoms with Gasteiger partial charge in [-0.3, -0.25) is 9.59 Å². The lowest BCUT2D eigenvalue weighted by Crippen LogP contribution is -2.53. The van der Waals surface area contributed by atoms with Crippen molar-refractivity contribution in [3.05, 3.63) is 54.0 Å². The second-order valence-electron chi connectivity index (χ2n) is 7.03. The minimum absolute atomic E-state index is 0. The van der Waals surface area contributed by atoms with Crippen molar-refractivity contribution in [1.82, 2.24) is 15.1 Å². The number of aryl methyl sites for hydroxylation is 1. The van der Waals surface area contributed by atoms with Crippen LogP contribution in [0.15, 0.2) is 52.1 Å². The molecule has 2 amide bonds. The summed E-state index contributed by atoms with van der Waals surface area (Å²) >= 11 is 0. The predicted octanol–water partition coefficient (Wildman–Crippen LogP) is 2.82. The number of guanidine groups is 1. The maximum absolute atomic E-state index is 12.4. The number of aliphatic imine (C=N–C) groups is 1. The Kier molecular flexibility index (Phi) is 9.83. The molecule has 2 aromatic rings. The molecule has 0 unspecified atom stereocenters. The Morgan fingerprint density at radius 1 is 1.06 bits per heavy atom. The van der Waals surface area contributed by atoms with E-state index < -0.39 is 0 Å². The number of rotatable bonds is 6. The first-order chi connectivity index (χ1) is 14.6. The van der Waals surface area contributed by atoms with Crippen molar-refractivity contribution < 1.29 is 14.0 Å². The quantitative estimate of drug-likeness (QED) is 0.335. The number of nitrogens with zero attached hydrogens (tertiary/aromatic N) is 3. The van der Waals surface area contributed by atoms with E-state index >= 15 is 0 Å². The highest BCUT2D eigenvalue weighted by atomic mass is 127. The summed E-state index contributed by atoms with van der Waals surface area (Å²) in [5.74, 6) is 0.772. The van der Waals surface area contributed by atoms with E-state index in [-0.39, 0.29) is 42.3 Å². The van der Waals surface area contributed by atoms with Gasteiger partial charge in [-0.1, -0.05) is 19.1 Å². The molecule has 3 rings (SSSR count). The maximum Gasteiger partial charge on any atom is 0.289 e. The standard InChI is InChI=1S/C22H29N5O3.HI/c1-3-17-7-5-8-18(15-17)25-20(28)16-24-22(23-4-2)27-12-10-26(11-13-27)21(29)19-9-6-14-30-19;/h5-9,14-15H,3-4,10-13,16H2,1-2H3,(H,23,24)(H,25,28);1H. The van der Waals surface area contributed by atoms with Gasteiger partial charge in [-0.15, -0.1) is 24.0 Å². The Hall–Kier alpha value is -2.56. The fraction of sp³-hybridized carbons (Fsp3) is 0.409. The molecule has 1 aliphatic rings. The molecule has 31 heavy (non-hydrogen) atoms. The van der Waals surface area contributed by atoms with Crippen LogP contribution in [0.4, 0.5) is 5.69 Å². The van der Waals surface area contributed by atoms with Crippen LogP contribution in [0.25, 0.3) is 0 Å². The normalized spacial score (nSPS) is 14.1. The topological polar surface area (TPSA) is 90.2 Å². The van der Waals surface area contributed by atoms with E-state index in [4.69, 9.17) is 4.42 Å². The van der Waals surface area contributed by atoms with Gasteiger partial charge in [0.1, 0.15) is 6.54 Å². The molecule has 0 spiro atoms. The predicted molar refractivity (Wildman–Crippen MR) is 132 cm³/mol. The second kappa shape index (κ2) is 12.3. The van der Waals surface area contributed by atoms with Crippen molar-refractivity contribution >= 4 is 47.4 Å². The zero-order valence-electron chi connectivity index (χ0n) is 18.0. The number of benzene rings is 1. The van der Waals surface area contributed by atoms with Crippen LogP contribution in [0.3, 0.4) is 0 Å². The maximum atomic E-state index is 12.4. The van der Waals surface area contributed by atoms with E-state index in [0.717, 1.165) is 12.1 Å². The molecule has 1 saturated heterocycles. The highest BCUT2D eigenvalue weighted by Crippen LogP contribution is 2.12. The van der Waals surface area contributed by atoms with E-state index in [1.54, 1.807) is 17.0 Å². The van der Waals surface area contributed by atoms with Crippen LogP contribution in [0.2, 0.25) is 0 Å². The van der Waals surface area contributed by atoms with E-state index in [1.165, 1.54) is 11.8 Å². The van der Waals surface area contributed by atoms with Gasteiger partial charge in [-0.25, -0.2) is 4.99 Å². The Morgan fingerprint density at radius 3 is 2.45 bits per heavy atom. The molecule has 2 N–H and O–H groups in total.